The minimum absolute atomic E-state index is 0.147. The fourth-order valence-corrected chi connectivity index (χ4v) is 6.12. The van der Waals surface area contributed by atoms with Crippen LogP contribution in [0.3, 0.4) is 0 Å². The number of allylic oxidation sites excluding steroid dienone is 1. The molecule has 0 spiro atoms. The Labute approximate surface area is 244 Å². The highest BCUT2D eigenvalue weighted by Crippen LogP contribution is 2.40. The van der Waals surface area contributed by atoms with Crippen LogP contribution in [0, 0.1) is 29.6 Å². The Morgan fingerprint density at radius 3 is 1.83 bits per heavy atom. The minimum atomic E-state index is 0.147. The van der Waals surface area contributed by atoms with Gasteiger partial charge in [0.15, 0.2) is 0 Å². The van der Waals surface area contributed by atoms with Gasteiger partial charge in [-0.05, 0) is 97.0 Å². The molecule has 194 valence electrons. The van der Waals surface area contributed by atoms with Gasteiger partial charge >= 0.3 is 0 Å². The van der Waals surface area contributed by atoms with Crippen LogP contribution in [0.5, 0.6) is 0 Å². The van der Waals surface area contributed by atoms with Crippen LogP contribution in [0.2, 0.25) is 0 Å². The molecule has 0 saturated carbocycles. The second kappa shape index (κ2) is 10.0. The average molecular weight is 533 g/mol. The number of rotatable bonds is 0. The van der Waals surface area contributed by atoms with Crippen LogP contribution < -0.4 is 0 Å². The van der Waals surface area contributed by atoms with Gasteiger partial charge in [-0.15, -0.1) is 0 Å². The summed E-state index contributed by atoms with van der Waals surface area (Å²) in [6.45, 7) is 0. The monoisotopic (exact) mass is 532 g/mol. The second-order valence-electron chi connectivity index (χ2n) is 10.7. The van der Waals surface area contributed by atoms with Crippen molar-refractivity contribution in [2.45, 2.75) is 6.42 Å². The lowest BCUT2D eigenvalue weighted by Gasteiger charge is -2.20. The summed E-state index contributed by atoms with van der Waals surface area (Å²) in [6.07, 6.45) is 12.5. The number of nitrogens with zero attached hydrogens (tertiary/aromatic N) is 2. The summed E-state index contributed by atoms with van der Waals surface area (Å²) in [6, 6.07) is 32.4. The van der Waals surface area contributed by atoms with E-state index in [1.54, 1.807) is 24.8 Å². The van der Waals surface area contributed by atoms with Gasteiger partial charge in [0.05, 0.1) is 0 Å². The molecule has 1 aliphatic carbocycles. The Morgan fingerprint density at radius 1 is 0.524 bits per heavy atom. The Hall–Kier alpha value is -5.70. The normalized spacial score (nSPS) is 13.9. The standard InChI is InChI=1S/C40H24N2/c1(27-17-21-41-22-18-27)3-29-5-7-31-9-11-33-13-15-35-16-14-34-12-10-32-8-6-30(4-2-28-19-23-42-24-20-28)26-37(32)39(34)40(35)38(33)36(31)25-29/h5-25,30H,26H2. The van der Waals surface area contributed by atoms with Crippen molar-refractivity contribution in [3.8, 4) is 23.7 Å². The zero-order valence-corrected chi connectivity index (χ0v) is 22.8. The van der Waals surface area contributed by atoms with Crippen molar-refractivity contribution in [1.29, 1.82) is 0 Å². The summed E-state index contributed by atoms with van der Waals surface area (Å²) < 4.78 is 0. The van der Waals surface area contributed by atoms with E-state index in [2.05, 4.69) is 113 Å². The number of fused-ring (bicyclic) bond motifs is 9. The van der Waals surface area contributed by atoms with Crippen molar-refractivity contribution >= 4 is 49.2 Å². The molecule has 2 nitrogen and oxygen atoms in total. The van der Waals surface area contributed by atoms with E-state index in [9.17, 15) is 0 Å². The molecule has 0 saturated heterocycles. The zero-order chi connectivity index (χ0) is 27.9. The molecule has 2 heteroatoms. The van der Waals surface area contributed by atoms with Gasteiger partial charge in [-0.1, -0.05) is 90.4 Å². The van der Waals surface area contributed by atoms with E-state index in [1.165, 1.54) is 54.2 Å². The first-order valence-corrected chi connectivity index (χ1v) is 14.2. The van der Waals surface area contributed by atoms with Crippen molar-refractivity contribution in [1.82, 2.24) is 9.97 Å². The van der Waals surface area contributed by atoms with E-state index in [0.29, 0.717) is 0 Å². The third-order valence-electron chi connectivity index (χ3n) is 8.15. The van der Waals surface area contributed by atoms with E-state index in [1.807, 2.05) is 24.3 Å². The van der Waals surface area contributed by atoms with E-state index < -0.39 is 0 Å². The van der Waals surface area contributed by atoms with Gasteiger partial charge in [0, 0.05) is 47.4 Å². The van der Waals surface area contributed by atoms with Gasteiger partial charge in [-0.3, -0.25) is 9.97 Å². The summed E-state index contributed by atoms with van der Waals surface area (Å²) in [5.41, 5.74) is 5.60. The van der Waals surface area contributed by atoms with E-state index in [0.717, 1.165) is 23.1 Å². The lowest BCUT2D eigenvalue weighted by Crippen LogP contribution is -2.06. The van der Waals surface area contributed by atoms with Gasteiger partial charge in [0.2, 0.25) is 0 Å². The summed E-state index contributed by atoms with van der Waals surface area (Å²) in [5.74, 6) is 13.7. The summed E-state index contributed by atoms with van der Waals surface area (Å²) in [5, 5.41) is 10.1. The van der Waals surface area contributed by atoms with Gasteiger partial charge < -0.3 is 0 Å². The molecule has 1 atom stereocenters. The molecule has 8 rings (SSSR count). The Morgan fingerprint density at radius 2 is 1.10 bits per heavy atom. The first kappa shape index (κ1) is 24.1. The predicted octanol–water partition coefficient (Wildman–Crippen LogP) is 8.73. The van der Waals surface area contributed by atoms with Gasteiger partial charge in [-0.25, -0.2) is 0 Å². The van der Waals surface area contributed by atoms with Crippen molar-refractivity contribution in [2.75, 3.05) is 0 Å². The fourth-order valence-electron chi connectivity index (χ4n) is 6.12. The number of aromatic nitrogens is 2. The van der Waals surface area contributed by atoms with E-state index in [4.69, 9.17) is 0 Å². The van der Waals surface area contributed by atoms with Crippen molar-refractivity contribution in [3.05, 3.63) is 150 Å². The second-order valence-corrected chi connectivity index (χ2v) is 10.7. The highest BCUT2D eigenvalue weighted by Gasteiger charge is 2.18. The van der Waals surface area contributed by atoms with Gasteiger partial charge in [0.1, 0.15) is 0 Å². The topological polar surface area (TPSA) is 25.8 Å². The smallest absolute Gasteiger partial charge is 0.0430 e. The van der Waals surface area contributed by atoms with Gasteiger partial charge in [0.25, 0.3) is 0 Å². The molecule has 0 aliphatic heterocycles. The molecule has 2 aromatic heterocycles. The molecule has 1 unspecified atom stereocenters. The number of benzene rings is 5. The van der Waals surface area contributed by atoms with Crippen LogP contribution in [0.15, 0.2) is 122 Å². The summed E-state index contributed by atoms with van der Waals surface area (Å²) in [4.78, 5) is 8.22. The quantitative estimate of drug-likeness (QED) is 0.144. The minimum Gasteiger partial charge on any atom is -0.265 e. The largest absolute Gasteiger partial charge is 0.265 e. The fraction of sp³-hybridized carbons (Fsp3) is 0.0500. The van der Waals surface area contributed by atoms with Crippen LogP contribution >= 0.6 is 0 Å². The van der Waals surface area contributed by atoms with Crippen molar-refractivity contribution in [2.24, 2.45) is 5.92 Å². The zero-order valence-electron chi connectivity index (χ0n) is 22.8. The summed E-state index contributed by atoms with van der Waals surface area (Å²) in [7, 11) is 0. The Bertz CT molecular complexity index is 2320. The van der Waals surface area contributed by atoms with E-state index in [-0.39, 0.29) is 5.92 Å². The maximum Gasteiger partial charge on any atom is 0.0430 e. The highest BCUT2D eigenvalue weighted by molar-refractivity contribution is 6.28. The Kier molecular flexibility index (Phi) is 5.77. The first-order chi connectivity index (χ1) is 20.8. The molecule has 0 bridgehead atoms. The van der Waals surface area contributed by atoms with E-state index >= 15 is 0 Å². The highest BCUT2D eigenvalue weighted by atomic mass is 14.6. The summed E-state index contributed by atoms with van der Waals surface area (Å²) >= 11 is 0. The van der Waals surface area contributed by atoms with Crippen molar-refractivity contribution in [3.63, 3.8) is 0 Å². The van der Waals surface area contributed by atoms with Crippen molar-refractivity contribution < 1.29 is 0 Å². The number of hydrogen-bond donors (Lipinski definition) is 0. The molecule has 0 amide bonds. The third-order valence-corrected chi connectivity index (χ3v) is 8.15. The van der Waals surface area contributed by atoms with Gasteiger partial charge in [-0.2, -0.15) is 0 Å². The maximum atomic E-state index is 4.12. The molecule has 0 radical (unpaired) electrons. The number of pyridine rings is 2. The lowest BCUT2D eigenvalue weighted by atomic mass is 9.83. The molecular formula is C40H24N2. The molecule has 42 heavy (non-hydrogen) atoms. The molecule has 2 heterocycles. The van der Waals surface area contributed by atoms with Crippen LogP contribution in [-0.4, -0.2) is 9.97 Å². The molecule has 7 aromatic rings. The third kappa shape index (κ3) is 4.28. The SMILES string of the molecule is C(#Cc1ccc2ccc3ccc4ccc5ccc6c(c5c4c3c2c1)CC(C#Cc1ccncc1)C=C6)c1ccncc1. The number of hydrogen-bond acceptors (Lipinski definition) is 2. The predicted molar refractivity (Wildman–Crippen MR) is 174 cm³/mol. The van der Waals surface area contributed by atoms with Crippen LogP contribution in [0.25, 0.3) is 49.2 Å². The van der Waals surface area contributed by atoms with Crippen LogP contribution in [0.4, 0.5) is 0 Å². The lowest BCUT2D eigenvalue weighted by molar-refractivity contribution is 0.830. The molecule has 0 fully saturated rings. The first-order valence-electron chi connectivity index (χ1n) is 14.2. The van der Waals surface area contributed by atoms with Crippen LogP contribution in [-0.2, 0) is 6.42 Å². The molecule has 1 aliphatic rings. The average Bonchev–Trinajstić information content (AvgIpc) is 3.06. The molecular weight excluding hydrogens is 508 g/mol. The Balaban J connectivity index is 1.36. The molecule has 5 aromatic carbocycles. The van der Waals surface area contributed by atoms with Crippen LogP contribution in [0.1, 0.15) is 27.8 Å². The maximum absolute atomic E-state index is 4.12. The molecule has 0 N–H and O–H groups in total.